The van der Waals surface area contributed by atoms with Crippen molar-refractivity contribution in [2.75, 3.05) is 15.8 Å². The number of nitrogens with zero attached hydrogens (tertiary/aromatic N) is 3. The second-order valence-electron chi connectivity index (χ2n) is 7.69. The first kappa shape index (κ1) is 24.7. The molecule has 2 heterocycles. The van der Waals surface area contributed by atoms with Gasteiger partial charge in [-0.1, -0.05) is 42.1 Å². The van der Waals surface area contributed by atoms with Crippen LogP contribution in [0, 0.1) is 0 Å². The summed E-state index contributed by atoms with van der Waals surface area (Å²) in [6.45, 7) is 0. The molecule has 12 heteroatoms. The Labute approximate surface area is 220 Å². The number of sulfonamides is 1. The second kappa shape index (κ2) is 10.5. The molecular weight excluding hydrogens is 531 g/mol. The third-order valence-corrected chi connectivity index (χ3v) is 8.31. The molecule has 0 fully saturated rings. The van der Waals surface area contributed by atoms with E-state index >= 15 is 0 Å². The lowest BCUT2D eigenvalue weighted by atomic mass is 10.2. The fourth-order valence-electron chi connectivity index (χ4n) is 3.51. The summed E-state index contributed by atoms with van der Waals surface area (Å²) in [5.74, 6) is -0.341. The first-order valence-electron chi connectivity index (χ1n) is 10.9. The van der Waals surface area contributed by atoms with Crippen molar-refractivity contribution in [1.29, 1.82) is 0 Å². The molecule has 37 heavy (non-hydrogen) atoms. The molecular formula is C25H19N5O4S3. The number of anilines is 2. The minimum absolute atomic E-state index is 0.0106. The molecule has 5 rings (SSSR count). The number of nitrogens with one attached hydrogen (secondary N) is 2. The number of benzene rings is 3. The summed E-state index contributed by atoms with van der Waals surface area (Å²) in [4.78, 5) is 34.5. The van der Waals surface area contributed by atoms with Crippen LogP contribution in [0.15, 0.2) is 105 Å². The Morgan fingerprint density at radius 3 is 2.43 bits per heavy atom. The average Bonchev–Trinajstić information content (AvgIpc) is 3.41. The summed E-state index contributed by atoms with van der Waals surface area (Å²) < 4.78 is 28.9. The third kappa shape index (κ3) is 5.56. The van der Waals surface area contributed by atoms with Gasteiger partial charge in [0, 0.05) is 17.3 Å². The fourth-order valence-corrected chi connectivity index (χ4v) is 6.11. The molecule has 5 aromatic rings. The van der Waals surface area contributed by atoms with Crippen LogP contribution >= 0.6 is 23.1 Å². The lowest BCUT2D eigenvalue weighted by Gasteiger charge is -2.13. The summed E-state index contributed by atoms with van der Waals surface area (Å²) in [6, 6.07) is 22.0. The minimum atomic E-state index is -3.79. The van der Waals surface area contributed by atoms with Crippen LogP contribution in [0.1, 0.15) is 0 Å². The Kier molecular flexibility index (Phi) is 7.04. The van der Waals surface area contributed by atoms with Gasteiger partial charge in [0.05, 0.1) is 27.2 Å². The maximum atomic E-state index is 13.2. The Morgan fingerprint density at radius 2 is 1.70 bits per heavy atom. The molecule has 3 aromatic carbocycles. The summed E-state index contributed by atoms with van der Waals surface area (Å²) in [6.07, 6.45) is 1.51. The zero-order valence-corrected chi connectivity index (χ0v) is 21.5. The van der Waals surface area contributed by atoms with Crippen molar-refractivity contribution in [2.24, 2.45) is 0 Å². The molecule has 0 spiro atoms. The quantitative estimate of drug-likeness (QED) is 0.218. The van der Waals surface area contributed by atoms with Crippen molar-refractivity contribution >= 4 is 60.8 Å². The van der Waals surface area contributed by atoms with E-state index < -0.39 is 10.0 Å². The molecule has 0 radical (unpaired) electrons. The van der Waals surface area contributed by atoms with Crippen LogP contribution in [0.4, 0.5) is 10.8 Å². The van der Waals surface area contributed by atoms with Crippen molar-refractivity contribution in [3.05, 3.63) is 101 Å². The predicted molar refractivity (Wildman–Crippen MR) is 146 cm³/mol. The number of carbonyl (C=O) groups excluding carboxylic acids is 1. The highest BCUT2D eigenvalue weighted by Crippen LogP contribution is 2.23. The topological polar surface area (TPSA) is 123 Å². The second-order valence-corrected chi connectivity index (χ2v) is 11.2. The number of carbonyl (C=O) groups is 1. The highest BCUT2D eigenvalue weighted by atomic mass is 32.2. The molecule has 9 nitrogen and oxygen atoms in total. The minimum Gasteiger partial charge on any atom is -0.325 e. The van der Waals surface area contributed by atoms with Gasteiger partial charge in [0.2, 0.25) is 5.91 Å². The number of thioether (sulfide) groups is 1. The number of hydrogen-bond donors (Lipinski definition) is 2. The molecule has 0 aliphatic carbocycles. The number of rotatable bonds is 8. The molecule has 0 aliphatic rings. The van der Waals surface area contributed by atoms with Crippen LogP contribution in [0.2, 0.25) is 0 Å². The van der Waals surface area contributed by atoms with E-state index in [0.29, 0.717) is 27.4 Å². The summed E-state index contributed by atoms with van der Waals surface area (Å²) in [7, 11) is -3.79. The van der Waals surface area contributed by atoms with Gasteiger partial charge in [0.1, 0.15) is 0 Å². The van der Waals surface area contributed by atoms with Gasteiger partial charge in [-0.2, -0.15) is 0 Å². The Hall–Kier alpha value is -4.00. The maximum absolute atomic E-state index is 13.2. The lowest BCUT2D eigenvalue weighted by molar-refractivity contribution is -0.113. The molecule has 0 saturated carbocycles. The number of thiazole rings is 1. The number of aromatic nitrogens is 3. The van der Waals surface area contributed by atoms with E-state index in [1.54, 1.807) is 41.8 Å². The Morgan fingerprint density at radius 1 is 0.973 bits per heavy atom. The van der Waals surface area contributed by atoms with Gasteiger partial charge in [-0.05, 0) is 48.5 Å². The molecule has 0 unspecified atom stereocenters. The smallest absolute Gasteiger partial charge is 0.266 e. The number of hydrogen-bond acceptors (Lipinski definition) is 8. The normalized spacial score (nSPS) is 11.4. The first-order chi connectivity index (χ1) is 17.9. The van der Waals surface area contributed by atoms with E-state index in [1.807, 2.05) is 18.2 Å². The van der Waals surface area contributed by atoms with Crippen molar-refractivity contribution in [2.45, 2.75) is 10.1 Å². The van der Waals surface area contributed by atoms with Gasteiger partial charge >= 0.3 is 0 Å². The Balaban J connectivity index is 1.31. The van der Waals surface area contributed by atoms with Gasteiger partial charge in [-0.25, -0.2) is 18.4 Å². The van der Waals surface area contributed by atoms with E-state index in [2.05, 4.69) is 20.0 Å². The van der Waals surface area contributed by atoms with Crippen LogP contribution in [0.5, 0.6) is 0 Å². The van der Waals surface area contributed by atoms with Crippen molar-refractivity contribution in [1.82, 2.24) is 14.5 Å². The SMILES string of the molecule is O=C(CSc1nc2ccccc2c(=O)n1-c1ccccc1)Nc1ccc(S(=O)(=O)Nc2nccs2)cc1. The van der Waals surface area contributed by atoms with Crippen molar-refractivity contribution in [3.8, 4) is 5.69 Å². The Bertz CT molecular complexity index is 1720. The predicted octanol–water partition coefficient (Wildman–Crippen LogP) is 4.37. The molecule has 0 aliphatic heterocycles. The lowest BCUT2D eigenvalue weighted by Crippen LogP contribution is -2.22. The highest BCUT2D eigenvalue weighted by molar-refractivity contribution is 7.99. The van der Waals surface area contributed by atoms with Crippen molar-refractivity contribution in [3.63, 3.8) is 0 Å². The van der Waals surface area contributed by atoms with E-state index in [-0.39, 0.29) is 27.2 Å². The van der Waals surface area contributed by atoms with Crippen LogP contribution < -0.4 is 15.6 Å². The first-order valence-corrected chi connectivity index (χ1v) is 14.3. The number of para-hydroxylation sites is 2. The monoisotopic (exact) mass is 549 g/mol. The van der Waals surface area contributed by atoms with Crippen LogP contribution in [-0.2, 0) is 14.8 Å². The zero-order chi connectivity index (χ0) is 25.8. The zero-order valence-electron chi connectivity index (χ0n) is 19.1. The summed E-state index contributed by atoms with van der Waals surface area (Å²) >= 11 is 2.31. The molecule has 1 amide bonds. The van der Waals surface area contributed by atoms with Gasteiger partial charge in [-0.3, -0.25) is 18.9 Å². The van der Waals surface area contributed by atoms with Crippen LogP contribution in [0.3, 0.4) is 0 Å². The van der Waals surface area contributed by atoms with E-state index in [0.717, 1.165) is 11.8 Å². The molecule has 2 N–H and O–H groups in total. The van der Waals surface area contributed by atoms with Crippen molar-refractivity contribution < 1.29 is 13.2 Å². The van der Waals surface area contributed by atoms with E-state index in [9.17, 15) is 18.0 Å². The van der Waals surface area contributed by atoms with Gasteiger partial charge < -0.3 is 5.32 Å². The van der Waals surface area contributed by atoms with Gasteiger partial charge in [0.15, 0.2) is 10.3 Å². The molecule has 0 saturated heterocycles. The molecule has 0 bridgehead atoms. The standard InChI is InChI=1S/C25H19N5O4S3/c31-22(27-17-10-12-19(13-11-17)37(33,34)29-24-26-14-15-35-24)16-36-25-28-21-9-5-4-8-20(21)23(32)30(25)18-6-2-1-3-7-18/h1-15H,16H2,(H,26,29)(H,27,31). The fraction of sp³-hybridized carbons (Fsp3) is 0.0400. The van der Waals surface area contributed by atoms with E-state index in [4.69, 9.17) is 0 Å². The maximum Gasteiger partial charge on any atom is 0.266 e. The third-order valence-electron chi connectivity index (χ3n) is 5.19. The number of fused-ring (bicyclic) bond motifs is 1. The molecule has 0 atom stereocenters. The molecule has 2 aromatic heterocycles. The van der Waals surface area contributed by atoms with Gasteiger partial charge in [0.25, 0.3) is 15.6 Å². The van der Waals surface area contributed by atoms with Gasteiger partial charge in [-0.15, -0.1) is 11.3 Å². The molecule has 186 valence electrons. The summed E-state index contributed by atoms with van der Waals surface area (Å²) in [5.41, 5.74) is 1.41. The highest BCUT2D eigenvalue weighted by Gasteiger charge is 2.17. The summed E-state index contributed by atoms with van der Waals surface area (Å²) in [5, 5.41) is 5.56. The number of amides is 1. The average molecular weight is 550 g/mol. The van der Waals surface area contributed by atoms with Crippen LogP contribution in [-0.4, -0.2) is 34.6 Å². The largest absolute Gasteiger partial charge is 0.325 e. The van der Waals surface area contributed by atoms with Crippen LogP contribution in [0.25, 0.3) is 16.6 Å². The van der Waals surface area contributed by atoms with E-state index in [1.165, 1.54) is 46.4 Å².